The van der Waals surface area contributed by atoms with Crippen LogP contribution in [0.2, 0.25) is 0 Å². The Morgan fingerprint density at radius 3 is 0.818 bits per heavy atom. The summed E-state index contributed by atoms with van der Waals surface area (Å²) in [6, 6.07) is 17.6. The van der Waals surface area contributed by atoms with Gasteiger partial charge in [-0.3, -0.25) is 0 Å². The molecular formula is C85H30N3. The fraction of sp³-hybridized carbons (Fsp3) is 0.0706. The highest BCUT2D eigenvalue weighted by Gasteiger charge is 2.52. The van der Waals surface area contributed by atoms with Crippen molar-refractivity contribution >= 4 is 324 Å². The van der Waals surface area contributed by atoms with Crippen LogP contribution in [0.1, 0.15) is 27.8 Å². The van der Waals surface area contributed by atoms with Gasteiger partial charge in [0.2, 0.25) is 0 Å². The molecule has 0 unspecified atom stereocenters. The van der Waals surface area contributed by atoms with Gasteiger partial charge in [-0.25, -0.2) is 4.58 Å². The Bertz CT molecular complexity index is 7880. The number of hydrogen-bond donors (Lipinski definition) is 0. The Morgan fingerprint density at radius 1 is 0.261 bits per heavy atom. The SMILES string of the molecule is CN(C)c1ccc(C(=C2C=CC(=[N+](C)C)C=C2)c2ccc(N(C)C)cc2)cc1.[C]12c3c4c5c6c1c1c7c6c6c8c5c5c4c4c9c3c3c2c2c%10c%11c3c3c9c9c4c4c5c5c8c8c6c6c%12c%13c8c8c5c4c4c9c5c3c%11c3c9c5c4c8c%13c9c4c%12c(c67)c(c%10c34)[c-]12. The van der Waals surface area contributed by atoms with Crippen LogP contribution >= 0.6 is 0 Å². The first-order chi connectivity index (χ1) is 43.4. The van der Waals surface area contributed by atoms with Crippen molar-refractivity contribution in [3.8, 4) is 0 Å². The lowest BCUT2D eigenvalue weighted by Gasteiger charge is -2.29. The summed E-state index contributed by atoms with van der Waals surface area (Å²) in [5.74, 6) is 1.67. The summed E-state index contributed by atoms with van der Waals surface area (Å²) in [7, 11) is 12.4. The number of anilines is 2. The minimum absolute atomic E-state index is 1.20. The molecule has 385 valence electrons. The maximum absolute atomic E-state index is 2.21. The van der Waals surface area contributed by atoms with Gasteiger partial charge in [0, 0.05) is 57.6 Å². The van der Waals surface area contributed by atoms with Crippen LogP contribution in [0.3, 0.4) is 0 Å². The van der Waals surface area contributed by atoms with Crippen LogP contribution in [-0.2, 0) is 0 Å². The molecule has 0 heterocycles. The molecule has 0 N–H and O–H groups in total. The van der Waals surface area contributed by atoms with Crippen molar-refractivity contribution in [1.82, 2.24) is 0 Å². The molecule has 0 fully saturated rings. The largest absolute Gasteiger partial charge is 0.378 e. The van der Waals surface area contributed by atoms with Crippen LogP contribution in [-0.4, -0.2) is 52.6 Å². The Balaban J connectivity index is 0.000000131. The molecule has 1 radical (unpaired) electrons. The smallest absolute Gasteiger partial charge is 0.199 e. The highest BCUT2D eigenvalue weighted by molar-refractivity contribution is 6.83. The first-order valence-corrected chi connectivity index (χ1v) is 32.1. The molecule has 0 saturated heterocycles. The molecule has 88 heavy (non-hydrogen) atoms. The summed E-state index contributed by atoms with van der Waals surface area (Å²) in [4.78, 5) is 4.25. The van der Waals surface area contributed by atoms with Crippen LogP contribution in [0.4, 0.5) is 11.4 Å². The molecule has 4 aliphatic rings. The van der Waals surface area contributed by atoms with Crippen molar-refractivity contribution < 1.29 is 4.58 Å². The van der Waals surface area contributed by atoms with Crippen molar-refractivity contribution in [3.05, 3.63) is 112 Å². The number of rotatable bonds is 4. The minimum atomic E-state index is 1.20. The lowest BCUT2D eigenvalue weighted by Crippen LogP contribution is -2.10. The first-order valence-electron chi connectivity index (χ1n) is 32.1. The van der Waals surface area contributed by atoms with E-state index in [1.807, 2.05) is 0 Å². The molecule has 0 aromatic heterocycles. The summed E-state index contributed by atoms with van der Waals surface area (Å²) in [5, 5.41) is 93.3. The zero-order chi connectivity index (χ0) is 54.9. The van der Waals surface area contributed by atoms with Gasteiger partial charge in [0.05, 0.1) is 0 Å². The number of allylic oxidation sites excluding steroid dienone is 5. The molecule has 35 rings (SSSR count). The fourth-order valence-corrected chi connectivity index (χ4v) is 25.8. The molecule has 0 saturated carbocycles. The molecule has 3 nitrogen and oxygen atoms in total. The fourth-order valence-electron chi connectivity index (χ4n) is 25.8. The van der Waals surface area contributed by atoms with Crippen molar-refractivity contribution in [2.45, 2.75) is 0 Å². The van der Waals surface area contributed by atoms with Crippen molar-refractivity contribution in [3.63, 3.8) is 0 Å². The molecule has 0 bridgehead atoms. The molecule has 0 atom stereocenters. The number of hydrogen-bond acceptors (Lipinski definition) is 2. The molecule has 31 aromatic carbocycles. The molecule has 0 spiro atoms. The van der Waals surface area contributed by atoms with E-state index < -0.39 is 0 Å². The highest BCUT2D eigenvalue weighted by atomic mass is 15.1. The van der Waals surface area contributed by atoms with Gasteiger partial charge in [0.25, 0.3) is 0 Å². The Hall–Kier alpha value is -10.7. The molecular weight excluding hydrogens is 1060 g/mol. The molecule has 3 heteroatoms. The van der Waals surface area contributed by atoms with Gasteiger partial charge in [-0.05, 0) is 323 Å². The lowest BCUT2D eigenvalue weighted by molar-refractivity contribution is -0.462. The third-order valence-electron chi connectivity index (χ3n) is 27.5. The van der Waals surface area contributed by atoms with E-state index in [1.165, 1.54) is 39.4 Å². The van der Waals surface area contributed by atoms with Crippen LogP contribution in [0.5, 0.6) is 0 Å². The zero-order valence-corrected chi connectivity index (χ0v) is 47.8. The monoisotopic (exact) mass is 1090 g/mol. The van der Waals surface area contributed by atoms with E-state index >= 15 is 0 Å². The highest BCUT2D eigenvalue weighted by Crippen LogP contribution is 2.81. The second-order valence-corrected chi connectivity index (χ2v) is 30.2. The van der Waals surface area contributed by atoms with Crippen LogP contribution in [0.15, 0.2) is 78.4 Å². The summed E-state index contributed by atoms with van der Waals surface area (Å²) in [6.07, 6.45) is 8.78. The van der Waals surface area contributed by atoms with E-state index in [-0.39, 0.29) is 0 Å². The van der Waals surface area contributed by atoms with E-state index in [2.05, 4.69) is 129 Å². The maximum atomic E-state index is 2.21. The Kier molecular flexibility index (Phi) is 4.14. The first kappa shape index (κ1) is 37.6. The van der Waals surface area contributed by atoms with E-state index in [0.717, 1.165) is 0 Å². The second kappa shape index (κ2) is 9.68. The summed E-state index contributed by atoms with van der Waals surface area (Å²) < 4.78 is 2.13. The molecule has 0 amide bonds. The summed E-state index contributed by atoms with van der Waals surface area (Å²) in [5.41, 5.74) is 13.5. The summed E-state index contributed by atoms with van der Waals surface area (Å²) >= 11 is 0. The van der Waals surface area contributed by atoms with E-state index in [1.54, 1.807) is 324 Å². The van der Waals surface area contributed by atoms with Gasteiger partial charge in [-0.15, -0.1) is 0 Å². The third-order valence-corrected chi connectivity index (χ3v) is 27.5. The second-order valence-electron chi connectivity index (χ2n) is 30.2. The zero-order valence-electron chi connectivity index (χ0n) is 47.8. The van der Waals surface area contributed by atoms with Crippen molar-refractivity contribution in [2.75, 3.05) is 52.1 Å². The van der Waals surface area contributed by atoms with Crippen molar-refractivity contribution in [1.29, 1.82) is 0 Å². The third kappa shape index (κ3) is 2.55. The lowest BCUT2D eigenvalue weighted by atomic mass is 9.76. The van der Waals surface area contributed by atoms with Gasteiger partial charge in [-0.1, -0.05) is 78.5 Å². The Labute approximate surface area is 490 Å². The standard InChI is InChI=1S/C60.C25H30N3/c1-2-5-6-3(1)8-12-10-4(1)9-11-7(2)17-21-13(5)23-24-14(6)22-18(8)28-20(12)30-26-16(10)15(9)25-29-19(11)27(17)37-41-31(21)33(23)43-44-34(24)32(22)42-38(28)48-40(30)46-36(26)35(25)45-39(29)47(37)55-49(41)51(43)57-52(44)50(42)56(48)59-54(46)53(45)58(55)60(57)59;1-26(2)22-13-7-19(8-14-22)25(20-9-15-23(16-10-20)27(3)4)21-11-17-24(18-12-21)28(5)6/h;7-18H,1-6H3/q-1;+1. The normalized spacial score (nSPS) is 16.8. The van der Waals surface area contributed by atoms with Gasteiger partial charge in [0.1, 0.15) is 14.1 Å². The number of benzene rings is 20. The number of nitrogens with zero attached hydrogens (tertiary/aromatic N) is 3. The molecule has 31 aromatic rings. The molecule has 4 aliphatic carbocycles. The summed E-state index contributed by atoms with van der Waals surface area (Å²) in [6.45, 7) is 0. The predicted octanol–water partition coefficient (Wildman–Crippen LogP) is 21.5. The Morgan fingerprint density at radius 2 is 0.489 bits per heavy atom. The van der Waals surface area contributed by atoms with Crippen molar-refractivity contribution in [2.24, 2.45) is 0 Å². The predicted molar refractivity (Wildman–Crippen MR) is 380 cm³/mol. The van der Waals surface area contributed by atoms with E-state index in [4.69, 9.17) is 0 Å². The quantitative estimate of drug-likeness (QED) is 0.0987. The molecule has 0 aliphatic heterocycles. The van der Waals surface area contributed by atoms with Gasteiger partial charge in [-0.2, -0.15) is 0 Å². The van der Waals surface area contributed by atoms with Crippen LogP contribution in [0, 0.1) is 5.92 Å². The minimum Gasteiger partial charge on any atom is -0.378 e. The van der Waals surface area contributed by atoms with Crippen LogP contribution in [0.25, 0.3) is 307 Å². The van der Waals surface area contributed by atoms with E-state index in [0.29, 0.717) is 0 Å². The van der Waals surface area contributed by atoms with Gasteiger partial charge in [0.15, 0.2) is 5.71 Å². The van der Waals surface area contributed by atoms with Gasteiger partial charge >= 0.3 is 0 Å². The maximum Gasteiger partial charge on any atom is 0.199 e. The van der Waals surface area contributed by atoms with Gasteiger partial charge < -0.3 is 9.80 Å². The van der Waals surface area contributed by atoms with E-state index in [9.17, 15) is 0 Å². The average molecular weight is 1090 g/mol. The van der Waals surface area contributed by atoms with Crippen LogP contribution < -0.4 is 9.80 Å². The topological polar surface area (TPSA) is 9.49 Å². The average Bonchev–Trinajstić information content (AvgIpc) is 1.39.